The fourth-order valence-electron chi connectivity index (χ4n) is 2.79. The van der Waals surface area contributed by atoms with Gasteiger partial charge < -0.3 is 15.8 Å². The van der Waals surface area contributed by atoms with Crippen molar-refractivity contribution in [2.45, 2.75) is 25.2 Å². The Morgan fingerprint density at radius 3 is 2.60 bits per heavy atom. The molecule has 1 aromatic heterocycles. The first-order chi connectivity index (χ1) is 12.0. The molecule has 2 amide bonds. The Bertz CT molecular complexity index is 817. The molecule has 0 bridgehead atoms. The SMILES string of the molecule is Cc1cc(C2(C(=O)Nc3ccc(C(N)=O)cn3)CC2)ccc1OCI. The van der Waals surface area contributed by atoms with E-state index in [0.29, 0.717) is 16.0 Å². The highest BCUT2D eigenvalue weighted by Gasteiger charge is 2.51. The van der Waals surface area contributed by atoms with Crippen molar-refractivity contribution in [1.29, 1.82) is 0 Å². The Labute approximate surface area is 159 Å². The van der Waals surface area contributed by atoms with E-state index in [2.05, 4.69) is 32.9 Å². The molecule has 25 heavy (non-hydrogen) atoms. The summed E-state index contributed by atoms with van der Waals surface area (Å²) in [4.78, 5) is 27.9. The van der Waals surface area contributed by atoms with Crippen molar-refractivity contribution in [3.63, 3.8) is 0 Å². The molecular formula is C18H18IN3O3. The van der Waals surface area contributed by atoms with Gasteiger partial charge >= 0.3 is 0 Å². The van der Waals surface area contributed by atoms with Crippen LogP contribution in [0, 0.1) is 6.92 Å². The smallest absolute Gasteiger partial charge is 0.250 e. The molecule has 0 aliphatic heterocycles. The number of carbonyl (C=O) groups is 2. The zero-order valence-electron chi connectivity index (χ0n) is 13.7. The van der Waals surface area contributed by atoms with Crippen LogP contribution in [0.15, 0.2) is 36.5 Å². The highest BCUT2D eigenvalue weighted by Crippen LogP contribution is 2.49. The van der Waals surface area contributed by atoms with Crippen LogP contribution in [-0.2, 0) is 10.2 Å². The first-order valence-corrected chi connectivity index (χ1v) is 9.36. The number of nitrogens with two attached hydrogens (primary N) is 1. The van der Waals surface area contributed by atoms with Crippen molar-refractivity contribution in [3.05, 3.63) is 53.2 Å². The maximum Gasteiger partial charge on any atom is 0.250 e. The lowest BCUT2D eigenvalue weighted by Crippen LogP contribution is -2.28. The number of aromatic nitrogens is 1. The Kier molecular flexibility index (Phi) is 4.94. The lowest BCUT2D eigenvalue weighted by molar-refractivity contribution is -0.118. The number of hydrogen-bond acceptors (Lipinski definition) is 4. The number of ether oxygens (including phenoxy) is 1. The fourth-order valence-corrected chi connectivity index (χ4v) is 3.12. The topological polar surface area (TPSA) is 94.3 Å². The fraction of sp³-hybridized carbons (Fsp3) is 0.278. The van der Waals surface area contributed by atoms with Crippen LogP contribution < -0.4 is 15.8 Å². The molecule has 7 heteroatoms. The summed E-state index contributed by atoms with van der Waals surface area (Å²) in [5.41, 5.74) is 6.98. The molecule has 130 valence electrons. The molecule has 0 unspecified atom stereocenters. The summed E-state index contributed by atoms with van der Waals surface area (Å²) in [6.45, 7) is 1.98. The van der Waals surface area contributed by atoms with Gasteiger partial charge in [-0.1, -0.05) is 12.1 Å². The number of carbonyl (C=O) groups excluding carboxylic acids is 2. The number of halogens is 1. The molecule has 2 aromatic rings. The molecule has 0 saturated heterocycles. The number of alkyl halides is 1. The largest absolute Gasteiger partial charge is 0.483 e. The Morgan fingerprint density at radius 1 is 1.32 bits per heavy atom. The second-order valence-electron chi connectivity index (χ2n) is 6.07. The van der Waals surface area contributed by atoms with Gasteiger partial charge in [-0.2, -0.15) is 0 Å². The second kappa shape index (κ2) is 6.99. The van der Waals surface area contributed by atoms with Crippen LogP contribution in [0.4, 0.5) is 5.82 Å². The summed E-state index contributed by atoms with van der Waals surface area (Å²) < 4.78 is 6.13. The Morgan fingerprint density at radius 2 is 2.08 bits per heavy atom. The Balaban J connectivity index is 1.77. The minimum absolute atomic E-state index is 0.0891. The summed E-state index contributed by atoms with van der Waals surface area (Å²) in [6, 6.07) is 9.00. The molecule has 0 spiro atoms. The third-order valence-electron chi connectivity index (χ3n) is 4.41. The number of hydrogen-bond donors (Lipinski definition) is 2. The summed E-state index contributed by atoms with van der Waals surface area (Å²) in [6.07, 6.45) is 2.95. The number of amides is 2. The van der Waals surface area contributed by atoms with Gasteiger partial charge in [0.1, 0.15) is 16.2 Å². The molecule has 0 atom stereocenters. The van der Waals surface area contributed by atoms with Gasteiger partial charge in [0, 0.05) is 6.20 Å². The third-order valence-corrected chi connectivity index (χ3v) is 4.72. The second-order valence-corrected chi connectivity index (χ2v) is 6.69. The minimum atomic E-state index is -0.548. The average Bonchev–Trinajstić information content (AvgIpc) is 3.39. The van der Waals surface area contributed by atoms with Crippen LogP contribution in [-0.4, -0.2) is 21.4 Å². The predicted octanol–water partition coefficient (Wildman–Crippen LogP) is 2.93. The van der Waals surface area contributed by atoms with Crippen LogP contribution in [0.1, 0.15) is 34.3 Å². The molecule has 1 heterocycles. The van der Waals surface area contributed by atoms with Gasteiger partial charge in [-0.05, 0) is 71.7 Å². The van der Waals surface area contributed by atoms with Crippen LogP contribution in [0.3, 0.4) is 0 Å². The van der Waals surface area contributed by atoms with Crippen LogP contribution in [0.2, 0.25) is 0 Å². The number of nitrogens with one attached hydrogen (secondary N) is 1. The average molecular weight is 451 g/mol. The summed E-state index contributed by atoms with van der Waals surface area (Å²) >= 11 is 2.15. The van der Waals surface area contributed by atoms with E-state index in [4.69, 9.17) is 10.5 Å². The van der Waals surface area contributed by atoms with Crippen molar-refractivity contribution < 1.29 is 14.3 Å². The molecule has 3 N–H and O–H groups in total. The summed E-state index contributed by atoms with van der Waals surface area (Å²) in [7, 11) is 0. The monoisotopic (exact) mass is 451 g/mol. The number of benzene rings is 1. The maximum atomic E-state index is 12.8. The lowest BCUT2D eigenvalue weighted by Gasteiger charge is -2.17. The molecule has 1 fully saturated rings. The van der Waals surface area contributed by atoms with Crippen LogP contribution in [0.5, 0.6) is 5.75 Å². The third kappa shape index (κ3) is 3.60. The highest BCUT2D eigenvalue weighted by atomic mass is 127. The van der Waals surface area contributed by atoms with Crippen molar-refractivity contribution >= 4 is 40.2 Å². The van der Waals surface area contributed by atoms with Crippen LogP contribution >= 0.6 is 22.6 Å². The van der Waals surface area contributed by atoms with E-state index < -0.39 is 11.3 Å². The quantitative estimate of drug-likeness (QED) is 0.522. The minimum Gasteiger partial charge on any atom is -0.483 e. The van der Waals surface area contributed by atoms with E-state index in [0.717, 1.165) is 29.7 Å². The zero-order chi connectivity index (χ0) is 18.0. The molecule has 3 rings (SSSR count). The number of anilines is 1. The zero-order valence-corrected chi connectivity index (χ0v) is 15.9. The van der Waals surface area contributed by atoms with E-state index >= 15 is 0 Å². The number of primary amides is 1. The number of nitrogens with zero attached hydrogens (tertiary/aromatic N) is 1. The van der Waals surface area contributed by atoms with Crippen molar-refractivity contribution in [3.8, 4) is 5.75 Å². The van der Waals surface area contributed by atoms with Crippen molar-refractivity contribution in [2.24, 2.45) is 5.73 Å². The molecule has 1 saturated carbocycles. The molecule has 6 nitrogen and oxygen atoms in total. The normalized spacial score (nSPS) is 14.6. The number of pyridine rings is 1. The van der Waals surface area contributed by atoms with E-state index in [9.17, 15) is 9.59 Å². The van der Waals surface area contributed by atoms with E-state index in [1.807, 2.05) is 25.1 Å². The van der Waals surface area contributed by atoms with Crippen LogP contribution in [0.25, 0.3) is 0 Å². The highest BCUT2D eigenvalue weighted by molar-refractivity contribution is 14.1. The van der Waals surface area contributed by atoms with Gasteiger partial charge in [0.25, 0.3) is 0 Å². The molecule has 1 aliphatic carbocycles. The van der Waals surface area contributed by atoms with Gasteiger partial charge in [0.2, 0.25) is 11.8 Å². The van der Waals surface area contributed by atoms with Crippen molar-refractivity contribution in [1.82, 2.24) is 4.98 Å². The maximum absolute atomic E-state index is 12.8. The molecule has 0 radical (unpaired) electrons. The lowest BCUT2D eigenvalue weighted by atomic mass is 9.93. The standard InChI is InChI=1S/C18H18IN3O3/c1-11-8-13(3-4-14(11)25-10-19)18(6-7-18)17(24)22-15-5-2-12(9-21-15)16(20)23/h2-5,8-9H,6-7,10H2,1H3,(H2,20,23)(H,21,22,24). The molecular weight excluding hydrogens is 433 g/mol. The van der Waals surface area contributed by atoms with Crippen molar-refractivity contribution in [2.75, 3.05) is 9.93 Å². The number of rotatable bonds is 6. The van der Waals surface area contributed by atoms with Gasteiger partial charge in [-0.15, -0.1) is 0 Å². The van der Waals surface area contributed by atoms with Gasteiger partial charge in [-0.25, -0.2) is 4.98 Å². The van der Waals surface area contributed by atoms with E-state index in [1.54, 1.807) is 12.1 Å². The molecule has 1 aliphatic rings. The van der Waals surface area contributed by atoms with Gasteiger partial charge in [-0.3, -0.25) is 9.59 Å². The molecule has 1 aromatic carbocycles. The predicted molar refractivity (Wildman–Crippen MR) is 103 cm³/mol. The van der Waals surface area contributed by atoms with E-state index in [1.165, 1.54) is 6.20 Å². The first-order valence-electron chi connectivity index (χ1n) is 7.83. The Hall–Kier alpha value is -2.16. The summed E-state index contributed by atoms with van der Waals surface area (Å²) in [5.74, 6) is 0.600. The summed E-state index contributed by atoms with van der Waals surface area (Å²) in [5, 5.41) is 2.83. The number of aryl methyl sites for hydroxylation is 1. The van der Waals surface area contributed by atoms with Gasteiger partial charge in [0.05, 0.1) is 11.0 Å². The van der Waals surface area contributed by atoms with Gasteiger partial charge in [0.15, 0.2) is 0 Å². The van der Waals surface area contributed by atoms with E-state index in [-0.39, 0.29) is 5.91 Å². The first kappa shape index (κ1) is 17.7.